The lowest BCUT2D eigenvalue weighted by Crippen LogP contribution is -2.26. The van der Waals surface area contributed by atoms with Crippen molar-refractivity contribution in [3.05, 3.63) is 0 Å². The molecule has 0 saturated heterocycles. The van der Waals surface area contributed by atoms with Crippen molar-refractivity contribution in [2.45, 2.75) is 152 Å². The summed E-state index contributed by atoms with van der Waals surface area (Å²) in [4.78, 5) is 68.1. The first-order valence-electron chi connectivity index (χ1n) is 15.9. The molecule has 0 amide bonds. The van der Waals surface area contributed by atoms with Crippen molar-refractivity contribution < 1.29 is 48.8 Å². The molecule has 3 N–H and O–H groups in total. The predicted molar refractivity (Wildman–Crippen MR) is 169 cm³/mol. The monoisotopic (exact) mass is 628 g/mol. The molecule has 0 spiro atoms. The Morgan fingerprint density at radius 1 is 0.455 bits per heavy atom. The zero-order valence-corrected chi connectivity index (χ0v) is 28.8. The van der Waals surface area contributed by atoms with Gasteiger partial charge in [0.2, 0.25) is 0 Å². The van der Waals surface area contributed by atoms with E-state index in [4.69, 9.17) is 20.1 Å². The van der Waals surface area contributed by atoms with Crippen LogP contribution in [0, 0.1) is 21.7 Å². The van der Waals surface area contributed by atoms with E-state index in [0.29, 0.717) is 83.7 Å². The number of carboxylic acid groups (broad SMARTS) is 3. The van der Waals surface area contributed by atoms with E-state index in [2.05, 4.69) is 0 Å². The van der Waals surface area contributed by atoms with Gasteiger partial charge in [-0.3, -0.25) is 28.8 Å². The van der Waals surface area contributed by atoms with Gasteiger partial charge in [0.05, 0.1) is 28.3 Å². The zero-order chi connectivity index (χ0) is 34.8. The number of ketones is 2. The molecule has 0 aliphatic heterocycles. The molecule has 0 aromatic rings. The highest BCUT2D eigenvalue weighted by Gasteiger charge is 2.29. The molecule has 0 aliphatic carbocycles. The van der Waals surface area contributed by atoms with E-state index in [9.17, 15) is 28.8 Å². The van der Waals surface area contributed by atoms with Gasteiger partial charge in [0, 0.05) is 25.7 Å². The standard InChI is InChI=1S/C18H32O5.C16H28O5/c1-6-23-16(22)18(4,5)12-8-7-10-14(19)11-9-13-17(2,3)15(20)21;1-15(2,13(18)19)10-6-5-8-12(17)9-7-11-16(3,4)14(20)21/h6-13H2,1-5H3,(H,20,21);5-11H2,1-4H3,(H,18,19)(H,20,21). The molecule has 10 nitrogen and oxygen atoms in total. The molecule has 0 aromatic heterocycles. The summed E-state index contributed by atoms with van der Waals surface area (Å²) in [5.74, 6) is -2.38. The van der Waals surface area contributed by atoms with Gasteiger partial charge in [-0.2, -0.15) is 0 Å². The average Bonchev–Trinajstić information content (AvgIpc) is 2.89. The molecule has 0 unspecified atom stereocenters. The van der Waals surface area contributed by atoms with Crippen LogP contribution in [0.25, 0.3) is 0 Å². The minimum atomic E-state index is -0.842. The maximum absolute atomic E-state index is 11.8. The third-order valence-electron chi connectivity index (χ3n) is 8.09. The number of hydrogen-bond acceptors (Lipinski definition) is 7. The second kappa shape index (κ2) is 20.3. The Bertz CT molecular complexity index is 944. The van der Waals surface area contributed by atoms with E-state index in [-0.39, 0.29) is 17.5 Å². The maximum atomic E-state index is 11.8. The van der Waals surface area contributed by atoms with Crippen LogP contribution >= 0.6 is 0 Å². The summed E-state index contributed by atoms with van der Waals surface area (Å²) < 4.78 is 5.04. The van der Waals surface area contributed by atoms with Gasteiger partial charge in [-0.05, 0) is 114 Å². The molecule has 0 fully saturated rings. The summed E-state index contributed by atoms with van der Waals surface area (Å²) in [6.45, 7) is 15.9. The topological polar surface area (TPSA) is 172 Å². The maximum Gasteiger partial charge on any atom is 0.311 e. The molecule has 0 radical (unpaired) electrons. The van der Waals surface area contributed by atoms with E-state index in [1.165, 1.54) is 0 Å². The number of Topliss-reactive ketones (excluding diaryl/α,β-unsaturated/α-hetero) is 2. The predicted octanol–water partition coefficient (Wildman–Crippen LogP) is 7.49. The highest BCUT2D eigenvalue weighted by molar-refractivity contribution is 5.79. The molecular formula is C34H60O10. The largest absolute Gasteiger partial charge is 0.481 e. The molecular weight excluding hydrogens is 568 g/mol. The van der Waals surface area contributed by atoms with Gasteiger partial charge in [-0.1, -0.05) is 12.8 Å². The van der Waals surface area contributed by atoms with Crippen LogP contribution in [0.5, 0.6) is 0 Å². The summed E-state index contributed by atoms with van der Waals surface area (Å²) in [5.41, 5.74) is -2.81. The van der Waals surface area contributed by atoms with Crippen molar-refractivity contribution in [3.63, 3.8) is 0 Å². The first kappa shape index (κ1) is 43.3. The third kappa shape index (κ3) is 19.5. The molecule has 256 valence electrons. The smallest absolute Gasteiger partial charge is 0.311 e. The number of aliphatic carboxylic acids is 3. The number of hydrogen-bond donors (Lipinski definition) is 3. The van der Waals surface area contributed by atoms with Crippen molar-refractivity contribution in [3.8, 4) is 0 Å². The molecule has 0 aromatic carbocycles. The first-order valence-corrected chi connectivity index (χ1v) is 15.9. The number of carbonyl (C=O) groups is 6. The fourth-order valence-electron chi connectivity index (χ4n) is 4.23. The Morgan fingerprint density at radius 2 is 0.727 bits per heavy atom. The lowest BCUT2D eigenvalue weighted by Gasteiger charge is -2.21. The van der Waals surface area contributed by atoms with Crippen LogP contribution in [0.2, 0.25) is 0 Å². The lowest BCUT2D eigenvalue weighted by molar-refractivity contribution is -0.154. The number of rotatable bonds is 23. The van der Waals surface area contributed by atoms with Crippen LogP contribution in [0.3, 0.4) is 0 Å². The molecule has 10 heteroatoms. The Hall–Kier alpha value is -2.78. The number of carbonyl (C=O) groups excluding carboxylic acids is 3. The van der Waals surface area contributed by atoms with Gasteiger partial charge in [-0.15, -0.1) is 0 Å². The second-order valence-corrected chi connectivity index (χ2v) is 14.4. The first-order chi connectivity index (χ1) is 20.0. The Labute approximate surface area is 264 Å². The highest BCUT2D eigenvalue weighted by Crippen LogP contribution is 2.27. The van der Waals surface area contributed by atoms with Crippen LogP contribution in [-0.4, -0.2) is 57.4 Å². The van der Waals surface area contributed by atoms with E-state index in [1.807, 2.05) is 13.8 Å². The Balaban J connectivity index is 0. The molecule has 0 rings (SSSR count). The molecule has 0 atom stereocenters. The number of carboxylic acids is 3. The molecule has 0 saturated carbocycles. The van der Waals surface area contributed by atoms with E-state index >= 15 is 0 Å². The fourth-order valence-corrected chi connectivity index (χ4v) is 4.23. The lowest BCUT2D eigenvalue weighted by atomic mass is 9.86. The summed E-state index contributed by atoms with van der Waals surface area (Å²) in [5, 5.41) is 27.0. The third-order valence-corrected chi connectivity index (χ3v) is 8.09. The van der Waals surface area contributed by atoms with Crippen molar-refractivity contribution in [2.75, 3.05) is 6.61 Å². The van der Waals surface area contributed by atoms with Gasteiger partial charge < -0.3 is 20.1 Å². The number of ether oxygens (including phenoxy) is 1. The van der Waals surface area contributed by atoms with Crippen LogP contribution in [0.1, 0.15) is 152 Å². The highest BCUT2D eigenvalue weighted by atomic mass is 16.5. The second-order valence-electron chi connectivity index (χ2n) is 14.4. The van der Waals surface area contributed by atoms with Gasteiger partial charge in [0.25, 0.3) is 0 Å². The van der Waals surface area contributed by atoms with Crippen LogP contribution in [-0.2, 0) is 33.5 Å². The normalized spacial score (nSPS) is 12.1. The van der Waals surface area contributed by atoms with Crippen molar-refractivity contribution in [1.29, 1.82) is 0 Å². The Kier molecular flexibility index (Phi) is 20.0. The molecule has 0 bridgehead atoms. The Morgan fingerprint density at radius 3 is 1.02 bits per heavy atom. The summed E-state index contributed by atoms with van der Waals surface area (Å²) in [6.07, 6.45) is 8.17. The SMILES string of the molecule is CC(C)(CCCCC(=O)CCCC(C)(C)C(=O)O)C(=O)O.CCOC(=O)C(C)(C)CCCCC(=O)CCCC(C)(C)C(=O)O. The van der Waals surface area contributed by atoms with Crippen molar-refractivity contribution in [2.24, 2.45) is 21.7 Å². The zero-order valence-electron chi connectivity index (χ0n) is 28.8. The van der Waals surface area contributed by atoms with Crippen molar-refractivity contribution >= 4 is 35.4 Å². The van der Waals surface area contributed by atoms with E-state index < -0.39 is 39.6 Å². The van der Waals surface area contributed by atoms with E-state index in [1.54, 1.807) is 48.5 Å². The van der Waals surface area contributed by atoms with Crippen LogP contribution < -0.4 is 0 Å². The molecule has 0 aliphatic rings. The average molecular weight is 629 g/mol. The summed E-state index contributed by atoms with van der Waals surface area (Å²) in [7, 11) is 0. The van der Waals surface area contributed by atoms with Gasteiger partial charge >= 0.3 is 23.9 Å². The van der Waals surface area contributed by atoms with Crippen LogP contribution in [0.4, 0.5) is 0 Å². The van der Waals surface area contributed by atoms with Gasteiger partial charge in [0.1, 0.15) is 11.6 Å². The van der Waals surface area contributed by atoms with Crippen LogP contribution in [0.15, 0.2) is 0 Å². The van der Waals surface area contributed by atoms with Crippen molar-refractivity contribution in [1.82, 2.24) is 0 Å². The number of unbranched alkanes of at least 4 members (excludes halogenated alkanes) is 2. The minimum Gasteiger partial charge on any atom is -0.481 e. The molecule has 44 heavy (non-hydrogen) atoms. The number of esters is 1. The summed E-state index contributed by atoms with van der Waals surface area (Å²) in [6, 6.07) is 0. The van der Waals surface area contributed by atoms with Gasteiger partial charge in [0.15, 0.2) is 0 Å². The quantitative estimate of drug-likeness (QED) is 0.0760. The van der Waals surface area contributed by atoms with E-state index in [0.717, 1.165) is 12.8 Å². The fraction of sp³-hybridized carbons (Fsp3) is 0.824. The molecule has 0 heterocycles. The van der Waals surface area contributed by atoms with Gasteiger partial charge in [-0.25, -0.2) is 0 Å². The minimum absolute atomic E-state index is 0.129. The summed E-state index contributed by atoms with van der Waals surface area (Å²) >= 11 is 0.